The average Bonchev–Trinajstić information content (AvgIpc) is 2.52. The summed E-state index contributed by atoms with van der Waals surface area (Å²) in [4.78, 5) is 46.2. The highest BCUT2D eigenvalue weighted by molar-refractivity contribution is 6.06. The van der Waals surface area contributed by atoms with Crippen molar-refractivity contribution in [2.75, 3.05) is 20.2 Å². The summed E-state index contributed by atoms with van der Waals surface area (Å²) < 4.78 is 4.74. The van der Waals surface area contributed by atoms with Crippen molar-refractivity contribution in [2.24, 2.45) is 5.92 Å². The summed E-state index contributed by atoms with van der Waals surface area (Å²) in [5.74, 6) is -2.37. The summed E-state index contributed by atoms with van der Waals surface area (Å²) in [5.41, 5.74) is 0. The third-order valence-electron chi connectivity index (χ3n) is 2.90. The zero-order valence-electron chi connectivity index (χ0n) is 11.3. The first-order valence-electron chi connectivity index (χ1n) is 6.12. The van der Waals surface area contributed by atoms with Gasteiger partial charge in [-0.25, -0.2) is 5.01 Å². The first kappa shape index (κ1) is 15.1. The summed E-state index contributed by atoms with van der Waals surface area (Å²) in [6.45, 7) is 3.00. The fourth-order valence-corrected chi connectivity index (χ4v) is 1.89. The van der Waals surface area contributed by atoms with Crippen LogP contribution in [0.3, 0.4) is 0 Å². The lowest BCUT2D eigenvalue weighted by Gasteiger charge is -2.22. The average molecular weight is 270 g/mol. The van der Waals surface area contributed by atoms with Gasteiger partial charge in [-0.1, -0.05) is 0 Å². The van der Waals surface area contributed by atoms with E-state index in [-0.39, 0.29) is 31.8 Å². The standard InChI is InChI=1S/C12H18N2O5/c1-4-19-10(16)7-14-12(18)9(6-5-8(2)15)11(17)13(14)3/h9H,4-7H2,1-3H3. The van der Waals surface area contributed by atoms with E-state index in [0.29, 0.717) is 0 Å². The molecule has 1 saturated heterocycles. The van der Waals surface area contributed by atoms with Crippen molar-refractivity contribution in [3.8, 4) is 0 Å². The Kier molecular flexibility index (Phi) is 5.02. The molecule has 0 saturated carbocycles. The van der Waals surface area contributed by atoms with E-state index in [1.807, 2.05) is 0 Å². The van der Waals surface area contributed by atoms with Gasteiger partial charge in [0.2, 0.25) is 0 Å². The summed E-state index contributed by atoms with van der Waals surface area (Å²) in [7, 11) is 1.42. The van der Waals surface area contributed by atoms with Gasteiger partial charge in [0.15, 0.2) is 0 Å². The summed E-state index contributed by atoms with van der Waals surface area (Å²) >= 11 is 0. The molecule has 0 spiro atoms. The molecule has 1 rings (SSSR count). The van der Waals surface area contributed by atoms with Crippen LogP contribution in [0.5, 0.6) is 0 Å². The van der Waals surface area contributed by atoms with Gasteiger partial charge in [0, 0.05) is 13.5 Å². The van der Waals surface area contributed by atoms with E-state index in [9.17, 15) is 19.2 Å². The second-order valence-electron chi connectivity index (χ2n) is 4.36. The molecule has 1 heterocycles. The minimum absolute atomic E-state index is 0.0768. The number of Topliss-reactive ketones (excluding diaryl/α,β-unsaturated/α-hetero) is 1. The van der Waals surface area contributed by atoms with Crippen molar-refractivity contribution in [1.82, 2.24) is 10.0 Å². The highest BCUT2D eigenvalue weighted by atomic mass is 16.5. The van der Waals surface area contributed by atoms with Crippen LogP contribution in [0.1, 0.15) is 26.7 Å². The van der Waals surface area contributed by atoms with Crippen molar-refractivity contribution in [3.05, 3.63) is 0 Å². The van der Waals surface area contributed by atoms with Gasteiger partial charge in [-0.3, -0.25) is 19.4 Å². The van der Waals surface area contributed by atoms with Crippen molar-refractivity contribution < 1.29 is 23.9 Å². The van der Waals surface area contributed by atoms with E-state index in [2.05, 4.69) is 0 Å². The van der Waals surface area contributed by atoms with Gasteiger partial charge in [0.1, 0.15) is 18.2 Å². The van der Waals surface area contributed by atoms with Crippen LogP contribution in [0.15, 0.2) is 0 Å². The van der Waals surface area contributed by atoms with Gasteiger partial charge in [-0.2, -0.15) is 0 Å². The van der Waals surface area contributed by atoms with Crippen molar-refractivity contribution in [3.63, 3.8) is 0 Å². The number of hydrogen-bond donors (Lipinski definition) is 0. The molecule has 106 valence electrons. The lowest BCUT2D eigenvalue weighted by molar-refractivity contribution is -0.157. The largest absolute Gasteiger partial charge is 0.465 e. The first-order valence-corrected chi connectivity index (χ1v) is 6.12. The van der Waals surface area contributed by atoms with Gasteiger partial charge < -0.3 is 9.53 Å². The van der Waals surface area contributed by atoms with E-state index in [0.717, 1.165) is 10.0 Å². The maximum absolute atomic E-state index is 12.0. The second-order valence-corrected chi connectivity index (χ2v) is 4.36. The normalized spacial score (nSPS) is 19.0. The summed E-state index contributed by atoms with van der Waals surface area (Å²) in [5, 5.41) is 2.18. The van der Waals surface area contributed by atoms with Crippen LogP contribution < -0.4 is 0 Å². The maximum Gasteiger partial charge on any atom is 0.327 e. The van der Waals surface area contributed by atoms with Crippen molar-refractivity contribution >= 4 is 23.6 Å². The molecule has 0 aliphatic carbocycles. The third-order valence-corrected chi connectivity index (χ3v) is 2.90. The highest BCUT2D eigenvalue weighted by Crippen LogP contribution is 2.22. The van der Waals surface area contributed by atoms with E-state index >= 15 is 0 Å². The lowest BCUT2D eigenvalue weighted by atomic mass is 10.0. The zero-order valence-corrected chi connectivity index (χ0v) is 11.3. The Hall–Kier alpha value is -1.92. The highest BCUT2D eigenvalue weighted by Gasteiger charge is 2.44. The van der Waals surface area contributed by atoms with E-state index in [4.69, 9.17) is 4.74 Å². The van der Waals surface area contributed by atoms with Gasteiger partial charge in [-0.05, 0) is 20.3 Å². The second kappa shape index (κ2) is 6.31. The molecule has 0 radical (unpaired) electrons. The molecule has 0 aromatic rings. The van der Waals surface area contributed by atoms with E-state index in [1.165, 1.54) is 14.0 Å². The monoisotopic (exact) mass is 270 g/mol. The fraction of sp³-hybridized carbons (Fsp3) is 0.667. The van der Waals surface area contributed by atoms with Crippen molar-refractivity contribution in [1.29, 1.82) is 0 Å². The van der Waals surface area contributed by atoms with Gasteiger partial charge >= 0.3 is 5.97 Å². The van der Waals surface area contributed by atoms with Crippen LogP contribution in [0.4, 0.5) is 0 Å². The van der Waals surface area contributed by atoms with Crippen LogP contribution in [0, 0.1) is 5.92 Å². The predicted octanol–water partition coefficient (Wildman–Crippen LogP) is -0.250. The Balaban J connectivity index is 2.70. The number of esters is 1. The number of carbonyl (C=O) groups excluding carboxylic acids is 4. The number of hydrazine groups is 1. The Labute approximate surface area is 111 Å². The number of ether oxygens (including phenoxy) is 1. The molecule has 0 aromatic carbocycles. The minimum atomic E-state index is -0.872. The first-order chi connectivity index (χ1) is 8.88. The van der Waals surface area contributed by atoms with Crippen LogP contribution in [0.2, 0.25) is 0 Å². The van der Waals surface area contributed by atoms with Crippen LogP contribution >= 0.6 is 0 Å². The quantitative estimate of drug-likeness (QED) is 0.491. The Bertz CT molecular complexity index is 407. The molecule has 1 aliphatic heterocycles. The molecule has 1 aliphatic rings. The zero-order chi connectivity index (χ0) is 14.6. The topological polar surface area (TPSA) is 84.0 Å². The van der Waals surface area contributed by atoms with Crippen LogP contribution in [-0.2, 0) is 23.9 Å². The molecular weight excluding hydrogens is 252 g/mol. The summed E-state index contributed by atoms with van der Waals surface area (Å²) in [6.07, 6.45) is 0.347. The number of rotatable bonds is 6. The molecule has 1 atom stereocenters. The molecule has 7 heteroatoms. The number of nitrogens with zero attached hydrogens (tertiary/aromatic N) is 2. The molecule has 2 amide bonds. The maximum atomic E-state index is 12.0. The van der Waals surface area contributed by atoms with E-state index < -0.39 is 23.7 Å². The third kappa shape index (κ3) is 3.52. The Morgan fingerprint density at radius 1 is 1.26 bits per heavy atom. The Morgan fingerprint density at radius 3 is 2.42 bits per heavy atom. The molecule has 7 nitrogen and oxygen atoms in total. The molecular formula is C12H18N2O5. The van der Waals surface area contributed by atoms with Gasteiger partial charge in [0.05, 0.1) is 6.61 Å². The molecule has 1 unspecified atom stereocenters. The van der Waals surface area contributed by atoms with Gasteiger partial charge in [0.25, 0.3) is 11.8 Å². The minimum Gasteiger partial charge on any atom is -0.465 e. The fourth-order valence-electron chi connectivity index (χ4n) is 1.89. The van der Waals surface area contributed by atoms with Crippen molar-refractivity contribution in [2.45, 2.75) is 26.7 Å². The SMILES string of the molecule is CCOC(=O)CN1C(=O)C(CCC(C)=O)C(=O)N1C. The van der Waals surface area contributed by atoms with Gasteiger partial charge in [-0.15, -0.1) is 0 Å². The number of ketones is 1. The summed E-state index contributed by atoms with van der Waals surface area (Å²) in [6, 6.07) is 0. The van der Waals surface area contributed by atoms with E-state index in [1.54, 1.807) is 6.92 Å². The molecule has 0 N–H and O–H groups in total. The smallest absolute Gasteiger partial charge is 0.327 e. The number of carbonyl (C=O) groups is 4. The molecule has 0 aromatic heterocycles. The van der Waals surface area contributed by atoms with Crippen LogP contribution in [0.25, 0.3) is 0 Å². The number of hydrogen-bond acceptors (Lipinski definition) is 5. The lowest BCUT2D eigenvalue weighted by Crippen LogP contribution is -2.41. The molecule has 1 fully saturated rings. The molecule has 0 bridgehead atoms. The van der Waals surface area contributed by atoms with Crippen LogP contribution in [-0.4, -0.2) is 53.8 Å². The number of amides is 2. The predicted molar refractivity (Wildman–Crippen MR) is 64.5 cm³/mol. The Morgan fingerprint density at radius 2 is 1.89 bits per heavy atom. The molecule has 19 heavy (non-hydrogen) atoms.